The Balaban J connectivity index is 1.29. The van der Waals surface area contributed by atoms with E-state index in [1.165, 1.54) is 0 Å². The lowest BCUT2D eigenvalue weighted by Gasteiger charge is -2.52. The van der Waals surface area contributed by atoms with Gasteiger partial charge in [-0.1, -0.05) is 0 Å². The Kier molecular flexibility index (Phi) is 5.69. The van der Waals surface area contributed by atoms with Crippen LogP contribution < -0.4 is 14.8 Å². The maximum atomic E-state index is 11.7. The minimum atomic E-state index is -0.324. The summed E-state index contributed by atoms with van der Waals surface area (Å²) in [5.74, 6) is 0.567. The molecule has 10 heteroatoms. The van der Waals surface area contributed by atoms with Gasteiger partial charge in [-0.25, -0.2) is 24.7 Å². The first-order valence-corrected chi connectivity index (χ1v) is 12.1. The Morgan fingerprint density at radius 3 is 2.86 bits per heavy atom. The van der Waals surface area contributed by atoms with Crippen molar-refractivity contribution in [2.45, 2.75) is 50.3 Å². The van der Waals surface area contributed by atoms with Crippen molar-refractivity contribution in [2.75, 3.05) is 32.1 Å². The predicted molar refractivity (Wildman–Crippen MR) is 127 cm³/mol. The van der Waals surface area contributed by atoms with E-state index in [4.69, 9.17) is 14.2 Å². The van der Waals surface area contributed by atoms with Crippen molar-refractivity contribution in [3.8, 4) is 11.8 Å². The Hall–Kier alpha value is -3.37. The van der Waals surface area contributed by atoms with Gasteiger partial charge in [0.25, 0.3) is 0 Å². The molecule has 0 spiro atoms. The molecule has 3 aromatic rings. The normalized spacial score (nSPS) is 23.1. The molecule has 1 saturated carbocycles. The lowest BCUT2D eigenvalue weighted by molar-refractivity contribution is -0.138. The highest BCUT2D eigenvalue weighted by atomic mass is 16.5. The summed E-state index contributed by atoms with van der Waals surface area (Å²) in [4.78, 5) is 32.4. The number of fused-ring (bicyclic) bond motifs is 5. The number of ether oxygens (including phenoxy) is 3. The minimum Gasteiger partial charge on any atom is -0.481 e. The van der Waals surface area contributed by atoms with Gasteiger partial charge in [0, 0.05) is 31.1 Å². The summed E-state index contributed by atoms with van der Waals surface area (Å²) in [6.07, 6.45) is 7.01. The molecule has 182 valence electrons. The molecule has 1 N–H and O–H groups in total. The molecule has 0 radical (unpaired) electrons. The quantitative estimate of drug-likeness (QED) is 0.511. The van der Waals surface area contributed by atoms with E-state index in [2.05, 4.69) is 30.2 Å². The molecule has 2 bridgehead atoms. The average molecular weight is 477 g/mol. The highest BCUT2D eigenvalue weighted by Gasteiger charge is 2.45. The number of pyridine rings is 2. The summed E-state index contributed by atoms with van der Waals surface area (Å²) < 4.78 is 16.9. The van der Waals surface area contributed by atoms with Crippen LogP contribution in [0.25, 0.3) is 11.0 Å². The fourth-order valence-electron chi connectivity index (χ4n) is 5.40. The van der Waals surface area contributed by atoms with E-state index in [-0.39, 0.29) is 18.1 Å². The summed E-state index contributed by atoms with van der Waals surface area (Å²) in [6.45, 7) is 2.26. The summed E-state index contributed by atoms with van der Waals surface area (Å²) in [7, 11) is 1.61. The summed E-state index contributed by atoms with van der Waals surface area (Å²) in [6, 6.07) is 7.65. The SMILES string of the molecule is COc1ccc2ncnc(CCN(Cc3ccc4c(n3)OC(=O)CN4)C34CCC(CC3)OC4)c2n1. The Morgan fingerprint density at radius 2 is 2.06 bits per heavy atom. The standard InChI is InChI=1S/C25H28N6O4/c1-33-21-5-4-18-23(30-21)19(28-15-27-18)8-11-31(25-9-6-17(7-10-25)34-14-25)13-16-2-3-20-24(29-16)35-22(32)12-26-20/h2-5,15,17,26H,6-14H2,1H3. The number of aromatic nitrogens is 4. The molecular formula is C25H28N6O4. The summed E-state index contributed by atoms with van der Waals surface area (Å²) in [5.41, 5.74) is 4.00. The zero-order chi connectivity index (χ0) is 23.8. The minimum absolute atomic E-state index is 0.0464. The summed E-state index contributed by atoms with van der Waals surface area (Å²) in [5, 5.41) is 3.05. The third-order valence-corrected chi connectivity index (χ3v) is 7.39. The van der Waals surface area contributed by atoms with Crippen LogP contribution in [-0.2, 0) is 22.5 Å². The molecule has 35 heavy (non-hydrogen) atoms. The van der Waals surface area contributed by atoms with Gasteiger partial charge in [-0.2, -0.15) is 0 Å². The lowest BCUT2D eigenvalue weighted by Crippen LogP contribution is -2.59. The van der Waals surface area contributed by atoms with Gasteiger partial charge in [0.15, 0.2) is 0 Å². The second-order valence-corrected chi connectivity index (χ2v) is 9.43. The number of nitrogens with one attached hydrogen (secondary N) is 1. The van der Waals surface area contributed by atoms with Crippen LogP contribution >= 0.6 is 0 Å². The molecular weight excluding hydrogens is 448 g/mol. The van der Waals surface area contributed by atoms with Crippen LogP contribution in [0, 0.1) is 0 Å². The fraction of sp³-hybridized carbons (Fsp3) is 0.480. The molecule has 0 aromatic carbocycles. The fourth-order valence-corrected chi connectivity index (χ4v) is 5.40. The first-order valence-electron chi connectivity index (χ1n) is 12.1. The van der Waals surface area contributed by atoms with Crippen molar-refractivity contribution in [1.29, 1.82) is 0 Å². The van der Waals surface area contributed by atoms with E-state index < -0.39 is 0 Å². The average Bonchev–Trinajstić information content (AvgIpc) is 2.91. The maximum absolute atomic E-state index is 11.7. The molecule has 7 rings (SSSR count). The number of esters is 1. The first-order chi connectivity index (χ1) is 17.1. The number of hydrogen-bond donors (Lipinski definition) is 1. The van der Waals surface area contributed by atoms with Crippen LogP contribution in [0.2, 0.25) is 0 Å². The topological polar surface area (TPSA) is 112 Å². The molecule has 1 aliphatic carbocycles. The monoisotopic (exact) mass is 476 g/mol. The van der Waals surface area contributed by atoms with Crippen molar-refractivity contribution in [1.82, 2.24) is 24.8 Å². The molecule has 2 saturated heterocycles. The first kappa shape index (κ1) is 22.1. The number of anilines is 1. The van der Waals surface area contributed by atoms with Crippen LogP contribution in [0.15, 0.2) is 30.6 Å². The maximum Gasteiger partial charge on any atom is 0.332 e. The third-order valence-electron chi connectivity index (χ3n) is 7.39. The van der Waals surface area contributed by atoms with Crippen molar-refractivity contribution in [2.24, 2.45) is 0 Å². The van der Waals surface area contributed by atoms with E-state index in [0.717, 1.165) is 66.9 Å². The molecule has 0 atom stereocenters. The number of hydrogen-bond acceptors (Lipinski definition) is 10. The lowest BCUT2D eigenvalue weighted by atomic mass is 9.76. The van der Waals surface area contributed by atoms with Crippen LogP contribution in [0.1, 0.15) is 37.1 Å². The molecule has 10 nitrogen and oxygen atoms in total. The van der Waals surface area contributed by atoms with Gasteiger partial charge in [-0.15, -0.1) is 0 Å². The number of carbonyl (C=O) groups is 1. The molecule has 0 amide bonds. The zero-order valence-electron chi connectivity index (χ0n) is 19.7. The highest BCUT2D eigenvalue weighted by molar-refractivity contribution is 5.82. The van der Waals surface area contributed by atoms with Gasteiger partial charge in [-0.05, 0) is 43.9 Å². The predicted octanol–water partition coefficient (Wildman–Crippen LogP) is 2.52. The molecule has 3 aromatic heterocycles. The number of rotatable bonds is 7. The van der Waals surface area contributed by atoms with Gasteiger partial charge in [0.05, 0.1) is 42.4 Å². The second kappa shape index (κ2) is 9.01. The molecule has 6 heterocycles. The molecule has 4 aliphatic rings. The van der Waals surface area contributed by atoms with E-state index in [0.29, 0.717) is 30.8 Å². The molecule has 3 aliphatic heterocycles. The van der Waals surface area contributed by atoms with Crippen molar-refractivity contribution in [3.05, 3.63) is 42.0 Å². The van der Waals surface area contributed by atoms with Crippen LogP contribution in [0.4, 0.5) is 5.69 Å². The van der Waals surface area contributed by atoms with E-state index >= 15 is 0 Å². The summed E-state index contributed by atoms with van der Waals surface area (Å²) >= 11 is 0. The Morgan fingerprint density at radius 1 is 1.17 bits per heavy atom. The third kappa shape index (κ3) is 4.28. The van der Waals surface area contributed by atoms with Gasteiger partial charge in [0.1, 0.15) is 18.4 Å². The van der Waals surface area contributed by atoms with Crippen molar-refractivity contribution >= 4 is 22.7 Å². The van der Waals surface area contributed by atoms with Crippen LogP contribution in [0.5, 0.6) is 11.8 Å². The smallest absolute Gasteiger partial charge is 0.332 e. The van der Waals surface area contributed by atoms with Gasteiger partial charge < -0.3 is 19.5 Å². The van der Waals surface area contributed by atoms with Crippen molar-refractivity contribution in [3.63, 3.8) is 0 Å². The number of nitrogens with zero attached hydrogens (tertiary/aromatic N) is 5. The Bertz CT molecular complexity index is 1250. The molecule has 3 fully saturated rings. The largest absolute Gasteiger partial charge is 0.481 e. The Labute approximate surface area is 203 Å². The van der Waals surface area contributed by atoms with E-state index in [9.17, 15) is 4.79 Å². The van der Waals surface area contributed by atoms with E-state index in [1.54, 1.807) is 13.4 Å². The van der Waals surface area contributed by atoms with Crippen LogP contribution in [0.3, 0.4) is 0 Å². The van der Waals surface area contributed by atoms with E-state index in [1.807, 2.05) is 24.3 Å². The molecule has 0 unspecified atom stereocenters. The highest BCUT2D eigenvalue weighted by Crippen LogP contribution is 2.41. The number of methoxy groups -OCH3 is 1. The van der Waals surface area contributed by atoms with Crippen LogP contribution in [-0.4, -0.2) is 69.3 Å². The number of carbonyl (C=O) groups excluding carboxylic acids is 1. The van der Waals surface area contributed by atoms with Crippen molar-refractivity contribution < 1.29 is 19.0 Å². The zero-order valence-corrected chi connectivity index (χ0v) is 19.7. The van der Waals surface area contributed by atoms with Gasteiger partial charge >= 0.3 is 5.97 Å². The van der Waals surface area contributed by atoms with Gasteiger partial charge in [0.2, 0.25) is 11.8 Å². The van der Waals surface area contributed by atoms with Gasteiger partial charge in [-0.3, -0.25) is 4.90 Å². The second-order valence-electron chi connectivity index (χ2n) is 9.43.